The van der Waals surface area contributed by atoms with E-state index in [0.717, 1.165) is 28.2 Å². The number of aryl methyl sites for hydroxylation is 1. The maximum Gasteiger partial charge on any atom is 0.102 e. The monoisotopic (exact) mass is 246 g/mol. The molecule has 2 aromatic heterocycles. The van der Waals surface area contributed by atoms with Crippen molar-refractivity contribution in [2.45, 2.75) is 6.54 Å². The van der Waals surface area contributed by atoms with Gasteiger partial charge in [0.2, 0.25) is 0 Å². The van der Waals surface area contributed by atoms with Crippen molar-refractivity contribution in [3.8, 4) is 0 Å². The largest absolute Gasteiger partial charge is 0.341 e. The molecule has 0 aliphatic carbocycles. The molecule has 3 rings (SSSR count). The molecule has 5 heteroatoms. The van der Waals surface area contributed by atoms with Gasteiger partial charge in [0.15, 0.2) is 0 Å². The molecule has 3 aromatic rings. The van der Waals surface area contributed by atoms with Crippen LogP contribution in [-0.4, -0.2) is 19.6 Å². The second kappa shape index (κ2) is 3.89. The van der Waals surface area contributed by atoms with Crippen LogP contribution in [0.15, 0.2) is 36.7 Å². The molecule has 0 aliphatic rings. The summed E-state index contributed by atoms with van der Waals surface area (Å²) in [5, 5.41) is 9.90. The SMILES string of the molecule is Cn1cc(Cn2ccc3cc(Cl)ccc32)nn1. The second-order valence-electron chi connectivity index (χ2n) is 4.03. The zero-order chi connectivity index (χ0) is 11.8. The van der Waals surface area contributed by atoms with Gasteiger partial charge in [-0.2, -0.15) is 0 Å². The van der Waals surface area contributed by atoms with E-state index in [1.54, 1.807) is 4.68 Å². The number of aromatic nitrogens is 4. The molecule has 0 amide bonds. The van der Waals surface area contributed by atoms with Crippen LogP contribution in [0.3, 0.4) is 0 Å². The summed E-state index contributed by atoms with van der Waals surface area (Å²) in [4.78, 5) is 0. The van der Waals surface area contributed by atoms with Gasteiger partial charge >= 0.3 is 0 Å². The lowest BCUT2D eigenvalue weighted by Crippen LogP contribution is -1.97. The van der Waals surface area contributed by atoms with Crippen molar-refractivity contribution in [1.82, 2.24) is 19.6 Å². The molecular weight excluding hydrogens is 236 g/mol. The van der Waals surface area contributed by atoms with Crippen LogP contribution in [0.2, 0.25) is 5.02 Å². The van der Waals surface area contributed by atoms with Gasteiger partial charge in [-0.25, -0.2) is 0 Å². The highest BCUT2D eigenvalue weighted by molar-refractivity contribution is 6.31. The van der Waals surface area contributed by atoms with E-state index in [1.807, 2.05) is 37.6 Å². The molecule has 0 saturated carbocycles. The van der Waals surface area contributed by atoms with Gasteiger partial charge in [0, 0.05) is 35.4 Å². The lowest BCUT2D eigenvalue weighted by Gasteiger charge is -2.02. The van der Waals surface area contributed by atoms with E-state index in [4.69, 9.17) is 11.6 Å². The smallest absolute Gasteiger partial charge is 0.102 e. The summed E-state index contributed by atoms with van der Waals surface area (Å²) >= 11 is 5.96. The van der Waals surface area contributed by atoms with E-state index >= 15 is 0 Å². The van der Waals surface area contributed by atoms with Gasteiger partial charge in [0.05, 0.1) is 6.54 Å². The molecule has 0 fully saturated rings. The maximum atomic E-state index is 5.96. The van der Waals surface area contributed by atoms with Crippen LogP contribution in [0.5, 0.6) is 0 Å². The number of hydrogen-bond donors (Lipinski definition) is 0. The first kappa shape index (κ1) is 10.4. The van der Waals surface area contributed by atoms with Gasteiger partial charge in [-0.1, -0.05) is 16.8 Å². The van der Waals surface area contributed by atoms with Crippen molar-refractivity contribution < 1.29 is 0 Å². The van der Waals surface area contributed by atoms with Gasteiger partial charge in [0.1, 0.15) is 5.69 Å². The standard InChI is InChI=1S/C12H11ClN4/c1-16-7-11(14-15-16)8-17-5-4-9-6-10(13)2-3-12(9)17/h2-7H,8H2,1H3. The molecule has 2 heterocycles. The number of halogens is 1. The third kappa shape index (κ3) is 1.91. The van der Waals surface area contributed by atoms with Crippen LogP contribution < -0.4 is 0 Å². The van der Waals surface area contributed by atoms with Crippen LogP contribution in [0.4, 0.5) is 0 Å². The fourth-order valence-electron chi connectivity index (χ4n) is 1.95. The average molecular weight is 247 g/mol. The van der Waals surface area contributed by atoms with E-state index in [1.165, 1.54) is 0 Å². The summed E-state index contributed by atoms with van der Waals surface area (Å²) in [5.74, 6) is 0. The zero-order valence-electron chi connectivity index (χ0n) is 9.34. The summed E-state index contributed by atoms with van der Waals surface area (Å²) < 4.78 is 3.84. The highest BCUT2D eigenvalue weighted by Gasteiger charge is 2.04. The normalized spacial score (nSPS) is 11.2. The van der Waals surface area contributed by atoms with E-state index in [0.29, 0.717) is 0 Å². The Morgan fingerprint density at radius 3 is 2.94 bits per heavy atom. The van der Waals surface area contributed by atoms with Crippen molar-refractivity contribution in [3.63, 3.8) is 0 Å². The summed E-state index contributed by atoms with van der Waals surface area (Å²) in [6, 6.07) is 7.94. The molecular formula is C12H11ClN4. The first-order valence-electron chi connectivity index (χ1n) is 5.32. The van der Waals surface area contributed by atoms with Crippen LogP contribution in [0, 0.1) is 0 Å². The fourth-order valence-corrected chi connectivity index (χ4v) is 2.13. The third-order valence-electron chi connectivity index (χ3n) is 2.72. The third-order valence-corrected chi connectivity index (χ3v) is 2.95. The molecule has 86 valence electrons. The molecule has 4 nitrogen and oxygen atoms in total. The van der Waals surface area contributed by atoms with Crippen molar-refractivity contribution in [3.05, 3.63) is 47.4 Å². The average Bonchev–Trinajstić information content (AvgIpc) is 2.86. The van der Waals surface area contributed by atoms with Crippen LogP contribution in [0.1, 0.15) is 5.69 Å². The molecule has 0 aliphatic heterocycles. The Morgan fingerprint density at radius 1 is 1.29 bits per heavy atom. The molecule has 0 unspecified atom stereocenters. The highest BCUT2D eigenvalue weighted by Crippen LogP contribution is 2.20. The lowest BCUT2D eigenvalue weighted by molar-refractivity contribution is 0.711. The van der Waals surface area contributed by atoms with E-state index in [-0.39, 0.29) is 0 Å². The number of nitrogens with zero attached hydrogens (tertiary/aromatic N) is 4. The second-order valence-corrected chi connectivity index (χ2v) is 4.47. The van der Waals surface area contributed by atoms with Gasteiger partial charge in [-0.3, -0.25) is 4.68 Å². The zero-order valence-corrected chi connectivity index (χ0v) is 10.1. The van der Waals surface area contributed by atoms with Crippen molar-refractivity contribution >= 4 is 22.5 Å². The number of benzene rings is 1. The van der Waals surface area contributed by atoms with Crippen molar-refractivity contribution in [2.75, 3.05) is 0 Å². The molecule has 0 saturated heterocycles. The topological polar surface area (TPSA) is 35.6 Å². The number of hydrogen-bond acceptors (Lipinski definition) is 2. The van der Waals surface area contributed by atoms with Crippen LogP contribution >= 0.6 is 11.6 Å². The summed E-state index contributed by atoms with van der Waals surface area (Å²) in [5.41, 5.74) is 2.10. The summed E-state index contributed by atoms with van der Waals surface area (Å²) in [6.45, 7) is 0.721. The highest BCUT2D eigenvalue weighted by atomic mass is 35.5. The summed E-state index contributed by atoms with van der Waals surface area (Å²) in [6.07, 6.45) is 3.96. The predicted octanol–water partition coefficient (Wildman–Crippen LogP) is 2.47. The molecule has 0 spiro atoms. The first-order chi connectivity index (χ1) is 8.22. The quantitative estimate of drug-likeness (QED) is 0.696. The number of rotatable bonds is 2. The van der Waals surface area contributed by atoms with Gasteiger partial charge < -0.3 is 4.57 Å². The Bertz CT molecular complexity index is 668. The Morgan fingerprint density at radius 2 is 2.18 bits per heavy atom. The Kier molecular flexibility index (Phi) is 2.37. The summed E-state index contributed by atoms with van der Waals surface area (Å²) in [7, 11) is 1.87. The van der Waals surface area contributed by atoms with E-state index < -0.39 is 0 Å². The predicted molar refractivity (Wildman–Crippen MR) is 67.1 cm³/mol. The Balaban J connectivity index is 2.00. The minimum Gasteiger partial charge on any atom is -0.341 e. The minimum atomic E-state index is 0.721. The minimum absolute atomic E-state index is 0.721. The molecule has 17 heavy (non-hydrogen) atoms. The van der Waals surface area contributed by atoms with Gasteiger partial charge in [0.25, 0.3) is 0 Å². The van der Waals surface area contributed by atoms with Gasteiger partial charge in [-0.15, -0.1) is 5.10 Å². The van der Waals surface area contributed by atoms with Crippen LogP contribution in [-0.2, 0) is 13.6 Å². The fraction of sp³-hybridized carbons (Fsp3) is 0.167. The van der Waals surface area contributed by atoms with Crippen molar-refractivity contribution in [1.29, 1.82) is 0 Å². The molecule has 0 atom stereocenters. The van der Waals surface area contributed by atoms with E-state index in [2.05, 4.69) is 20.9 Å². The molecule has 0 radical (unpaired) electrons. The Hall–Kier alpha value is -1.81. The van der Waals surface area contributed by atoms with Gasteiger partial charge in [-0.05, 0) is 24.3 Å². The van der Waals surface area contributed by atoms with Crippen molar-refractivity contribution in [2.24, 2.45) is 7.05 Å². The maximum absolute atomic E-state index is 5.96. The van der Waals surface area contributed by atoms with Crippen LogP contribution in [0.25, 0.3) is 10.9 Å². The number of fused-ring (bicyclic) bond motifs is 1. The first-order valence-corrected chi connectivity index (χ1v) is 5.70. The Labute approximate surface area is 103 Å². The lowest BCUT2D eigenvalue weighted by atomic mass is 10.2. The molecule has 0 bridgehead atoms. The molecule has 1 aromatic carbocycles. The van der Waals surface area contributed by atoms with E-state index in [9.17, 15) is 0 Å². The molecule has 0 N–H and O–H groups in total.